The predicted octanol–water partition coefficient (Wildman–Crippen LogP) is 1.60. The fourth-order valence-corrected chi connectivity index (χ4v) is 2.77. The summed E-state index contributed by atoms with van der Waals surface area (Å²) in [5.41, 5.74) is 13.9. The van der Waals surface area contributed by atoms with E-state index in [-0.39, 0.29) is 5.54 Å². The van der Waals surface area contributed by atoms with E-state index in [1.807, 2.05) is 6.07 Å². The molecule has 1 amide bonds. The summed E-state index contributed by atoms with van der Waals surface area (Å²) in [5.74, 6) is 0.153. The van der Waals surface area contributed by atoms with Crippen LogP contribution in [0.25, 0.3) is 0 Å². The molecule has 20 heavy (non-hydrogen) atoms. The van der Waals surface area contributed by atoms with Gasteiger partial charge >= 0.3 is 0 Å². The highest BCUT2D eigenvalue weighted by Crippen LogP contribution is 2.28. The molecule has 0 radical (unpaired) electrons. The van der Waals surface area contributed by atoms with Crippen molar-refractivity contribution in [2.75, 3.05) is 11.9 Å². The first-order valence-electron chi connectivity index (χ1n) is 7.36. The lowest BCUT2D eigenvalue weighted by molar-refractivity contribution is 0.100. The van der Waals surface area contributed by atoms with Crippen LogP contribution in [0.5, 0.6) is 0 Å². The fraction of sp³-hybridized carbons (Fsp3) is 0.600. The zero-order valence-electron chi connectivity index (χ0n) is 12.3. The third-order valence-electron chi connectivity index (χ3n) is 4.44. The quantitative estimate of drug-likeness (QED) is 0.735. The van der Waals surface area contributed by atoms with Gasteiger partial charge in [0.1, 0.15) is 5.82 Å². The third-order valence-corrected chi connectivity index (χ3v) is 4.44. The van der Waals surface area contributed by atoms with Gasteiger partial charge in [0.05, 0.1) is 11.1 Å². The number of hydrogen-bond donors (Lipinski definition) is 3. The van der Waals surface area contributed by atoms with Crippen LogP contribution in [0.1, 0.15) is 54.7 Å². The number of rotatable bonds is 6. The van der Waals surface area contributed by atoms with E-state index in [0.717, 1.165) is 43.4 Å². The zero-order valence-corrected chi connectivity index (χ0v) is 12.3. The minimum absolute atomic E-state index is 0.232. The smallest absolute Gasteiger partial charge is 0.252 e. The molecule has 0 spiro atoms. The summed E-state index contributed by atoms with van der Waals surface area (Å²) in [4.78, 5) is 16.3. The number of nitrogens with zero attached hydrogens (tertiary/aromatic N) is 1. The molecule has 0 aromatic carbocycles. The lowest BCUT2D eigenvalue weighted by Gasteiger charge is -2.32. The highest BCUT2D eigenvalue weighted by Gasteiger charge is 2.27. The molecule has 5 nitrogen and oxygen atoms in total. The molecule has 1 aliphatic carbocycles. The van der Waals surface area contributed by atoms with E-state index in [9.17, 15) is 4.79 Å². The maximum absolute atomic E-state index is 11.7. The van der Waals surface area contributed by atoms with Gasteiger partial charge in [0.25, 0.3) is 5.91 Å². The largest absolute Gasteiger partial charge is 0.365 e. The summed E-state index contributed by atoms with van der Waals surface area (Å²) < 4.78 is 0. The van der Waals surface area contributed by atoms with Crippen LogP contribution in [0.2, 0.25) is 0 Å². The normalized spacial score (nSPS) is 14.2. The maximum Gasteiger partial charge on any atom is 0.252 e. The Balaban J connectivity index is 2.42. The molecule has 0 unspecified atom stereocenters. The molecule has 1 aliphatic rings. The summed E-state index contributed by atoms with van der Waals surface area (Å²) in [7, 11) is 0. The number of carbonyl (C=O) groups is 1. The highest BCUT2D eigenvalue weighted by atomic mass is 16.1. The number of pyridine rings is 1. The van der Waals surface area contributed by atoms with Gasteiger partial charge in [-0.25, -0.2) is 4.98 Å². The van der Waals surface area contributed by atoms with Crippen LogP contribution in [0, 0.1) is 0 Å². The lowest BCUT2D eigenvalue weighted by Crippen LogP contribution is -2.45. The van der Waals surface area contributed by atoms with Crippen molar-refractivity contribution in [1.82, 2.24) is 4.98 Å². The van der Waals surface area contributed by atoms with E-state index in [1.165, 1.54) is 0 Å². The summed E-state index contributed by atoms with van der Waals surface area (Å²) in [6.45, 7) is 4.66. The number of primary amides is 1. The molecule has 5 N–H and O–H groups in total. The van der Waals surface area contributed by atoms with Crippen LogP contribution in [0.3, 0.4) is 0 Å². The minimum atomic E-state index is -0.437. The van der Waals surface area contributed by atoms with E-state index in [1.54, 1.807) is 0 Å². The Morgan fingerprint density at radius 2 is 2.10 bits per heavy atom. The predicted molar refractivity (Wildman–Crippen MR) is 80.8 cm³/mol. The van der Waals surface area contributed by atoms with Gasteiger partial charge in [-0.1, -0.05) is 13.8 Å². The molecule has 5 heteroatoms. The second-order valence-corrected chi connectivity index (χ2v) is 5.52. The lowest BCUT2D eigenvalue weighted by atomic mass is 9.92. The van der Waals surface area contributed by atoms with Crippen LogP contribution in [-0.4, -0.2) is 23.0 Å². The van der Waals surface area contributed by atoms with Crippen molar-refractivity contribution in [2.24, 2.45) is 11.5 Å². The van der Waals surface area contributed by atoms with Gasteiger partial charge < -0.3 is 16.8 Å². The van der Waals surface area contributed by atoms with Gasteiger partial charge in [0, 0.05) is 12.2 Å². The Morgan fingerprint density at radius 3 is 2.65 bits per heavy atom. The van der Waals surface area contributed by atoms with Crippen LogP contribution in [-0.2, 0) is 12.8 Å². The van der Waals surface area contributed by atoms with E-state index in [2.05, 4.69) is 24.1 Å². The summed E-state index contributed by atoms with van der Waals surface area (Å²) >= 11 is 0. The molecule has 0 saturated heterocycles. The van der Waals surface area contributed by atoms with Gasteiger partial charge in [-0.2, -0.15) is 0 Å². The van der Waals surface area contributed by atoms with Gasteiger partial charge in [-0.05, 0) is 43.7 Å². The van der Waals surface area contributed by atoms with E-state index in [0.29, 0.717) is 17.9 Å². The van der Waals surface area contributed by atoms with Crippen molar-refractivity contribution in [3.05, 3.63) is 22.9 Å². The fourth-order valence-electron chi connectivity index (χ4n) is 2.77. The summed E-state index contributed by atoms with van der Waals surface area (Å²) in [6.07, 6.45) is 4.78. The van der Waals surface area contributed by atoms with Gasteiger partial charge in [-0.15, -0.1) is 0 Å². The minimum Gasteiger partial charge on any atom is -0.365 e. The molecule has 1 heterocycles. The Bertz CT molecular complexity index is 501. The first-order valence-corrected chi connectivity index (χ1v) is 7.36. The molecule has 0 aliphatic heterocycles. The summed E-state index contributed by atoms with van der Waals surface area (Å²) in [6, 6.07) is 1.90. The monoisotopic (exact) mass is 276 g/mol. The number of nitrogens with two attached hydrogens (primary N) is 2. The number of anilines is 1. The molecular formula is C15H24N4O. The molecular weight excluding hydrogens is 252 g/mol. The highest BCUT2D eigenvalue weighted by molar-refractivity contribution is 5.98. The SMILES string of the molecule is CCC(CC)(CN)Nc1nc2c(cc1C(N)=O)CCC2. The van der Waals surface area contributed by atoms with Gasteiger partial charge in [-0.3, -0.25) is 4.79 Å². The molecule has 1 aromatic heterocycles. The van der Waals surface area contributed by atoms with Crippen molar-refractivity contribution in [2.45, 2.75) is 51.5 Å². The Hall–Kier alpha value is -1.62. The van der Waals surface area contributed by atoms with Crippen molar-refractivity contribution in [1.29, 1.82) is 0 Å². The average molecular weight is 276 g/mol. The first-order chi connectivity index (χ1) is 9.55. The van der Waals surface area contributed by atoms with Crippen LogP contribution < -0.4 is 16.8 Å². The maximum atomic E-state index is 11.7. The first kappa shape index (κ1) is 14.8. The van der Waals surface area contributed by atoms with Gasteiger partial charge in [0.15, 0.2) is 0 Å². The van der Waals surface area contributed by atoms with Crippen LogP contribution in [0.4, 0.5) is 5.82 Å². The average Bonchev–Trinajstić information content (AvgIpc) is 2.91. The molecule has 0 atom stereocenters. The topological polar surface area (TPSA) is 94.0 Å². The summed E-state index contributed by atoms with van der Waals surface area (Å²) in [5, 5.41) is 3.38. The van der Waals surface area contributed by atoms with Crippen molar-refractivity contribution >= 4 is 11.7 Å². The van der Waals surface area contributed by atoms with Crippen molar-refractivity contribution in [3.63, 3.8) is 0 Å². The van der Waals surface area contributed by atoms with E-state index in [4.69, 9.17) is 11.5 Å². The third kappa shape index (κ3) is 2.63. The van der Waals surface area contributed by atoms with Crippen molar-refractivity contribution < 1.29 is 4.79 Å². The Morgan fingerprint density at radius 1 is 1.40 bits per heavy atom. The molecule has 2 rings (SSSR count). The molecule has 0 saturated carbocycles. The van der Waals surface area contributed by atoms with E-state index >= 15 is 0 Å². The second kappa shape index (κ2) is 5.79. The van der Waals surface area contributed by atoms with Crippen LogP contribution >= 0.6 is 0 Å². The standard InChI is InChI=1S/C15H24N4O/c1-3-15(4-2,9-16)19-14-11(13(17)20)8-10-6-5-7-12(10)18-14/h8H,3-7,9,16H2,1-2H3,(H2,17,20)(H,18,19). The number of hydrogen-bond acceptors (Lipinski definition) is 4. The number of fused-ring (bicyclic) bond motifs is 1. The zero-order chi connectivity index (χ0) is 14.8. The van der Waals surface area contributed by atoms with Crippen LogP contribution in [0.15, 0.2) is 6.07 Å². The second-order valence-electron chi connectivity index (χ2n) is 5.52. The number of carbonyl (C=O) groups excluding carboxylic acids is 1. The van der Waals surface area contributed by atoms with Crippen molar-refractivity contribution in [3.8, 4) is 0 Å². The molecule has 1 aromatic rings. The molecule has 110 valence electrons. The number of amides is 1. The number of aryl methyl sites for hydroxylation is 2. The van der Waals surface area contributed by atoms with Gasteiger partial charge in [0.2, 0.25) is 0 Å². The Labute approximate surface area is 120 Å². The number of aromatic nitrogens is 1. The Kier molecular flexibility index (Phi) is 4.28. The molecule has 0 fully saturated rings. The number of nitrogens with one attached hydrogen (secondary N) is 1. The van der Waals surface area contributed by atoms with E-state index < -0.39 is 5.91 Å². The molecule has 0 bridgehead atoms.